The summed E-state index contributed by atoms with van der Waals surface area (Å²) in [6.07, 6.45) is 3.80. The van der Waals surface area contributed by atoms with Crippen LogP contribution in [0.1, 0.15) is 23.6 Å². The fourth-order valence-electron chi connectivity index (χ4n) is 4.09. The van der Waals surface area contributed by atoms with Gasteiger partial charge >= 0.3 is 0 Å². The molecule has 11 heteroatoms. The lowest BCUT2D eigenvalue weighted by Gasteiger charge is -2.17. The second kappa shape index (κ2) is 14.3. The summed E-state index contributed by atoms with van der Waals surface area (Å²) in [6.45, 7) is 5.88. The number of carbonyl (C=O) groups is 3. The number of carbonyl (C=O) groups excluding carboxylic acids is 3. The Kier molecular flexibility index (Phi) is 10.6. The Hall–Kier alpha value is -3.92. The predicted molar refractivity (Wildman–Crippen MR) is 167 cm³/mol. The van der Waals surface area contributed by atoms with E-state index in [1.54, 1.807) is 61.7 Å². The van der Waals surface area contributed by atoms with Crippen molar-refractivity contribution in [1.82, 2.24) is 4.90 Å². The molecule has 0 saturated carbocycles. The van der Waals surface area contributed by atoms with Crippen molar-refractivity contribution in [3.05, 3.63) is 98.9 Å². The number of halogens is 2. The highest BCUT2D eigenvalue weighted by Crippen LogP contribution is 2.38. The monoisotopic (exact) mass is 626 g/mol. The summed E-state index contributed by atoms with van der Waals surface area (Å²) in [5.41, 5.74) is 2.75. The average molecular weight is 628 g/mol. The second-order valence-corrected chi connectivity index (χ2v) is 10.8. The topological polar surface area (TPSA) is 94.2 Å². The van der Waals surface area contributed by atoms with Crippen LogP contribution in [0.15, 0.2) is 72.2 Å². The van der Waals surface area contributed by atoms with E-state index < -0.39 is 23.6 Å². The molecule has 1 aliphatic rings. The number of nitrogens with one attached hydrogen (secondary N) is 1. The van der Waals surface area contributed by atoms with E-state index in [0.29, 0.717) is 51.6 Å². The van der Waals surface area contributed by atoms with Gasteiger partial charge in [0, 0.05) is 11.3 Å². The number of methoxy groups -OCH3 is 1. The number of amides is 3. The van der Waals surface area contributed by atoms with Crippen LogP contribution in [0.5, 0.6) is 17.2 Å². The van der Waals surface area contributed by atoms with Crippen molar-refractivity contribution in [1.29, 1.82) is 0 Å². The van der Waals surface area contributed by atoms with Crippen LogP contribution in [0, 0.1) is 0 Å². The SMILES string of the molecule is C=CCc1cc(/C=C2/SC(=O)N(CC(=O)Nc3ccc(OC)cc3)C2=O)cc(OCC)c1OCc1ccc(Cl)c(Cl)c1. The first-order valence-electron chi connectivity index (χ1n) is 12.9. The van der Waals surface area contributed by atoms with Gasteiger partial charge < -0.3 is 19.5 Å². The third kappa shape index (κ3) is 7.67. The number of ether oxygens (including phenoxy) is 3. The van der Waals surface area contributed by atoms with Crippen LogP contribution in [0.3, 0.4) is 0 Å². The van der Waals surface area contributed by atoms with Crippen molar-refractivity contribution in [3.63, 3.8) is 0 Å². The fourth-order valence-corrected chi connectivity index (χ4v) is 5.25. The van der Waals surface area contributed by atoms with Crippen molar-refractivity contribution >= 4 is 63.8 Å². The summed E-state index contributed by atoms with van der Waals surface area (Å²) >= 11 is 13.0. The van der Waals surface area contributed by atoms with Gasteiger partial charge in [-0.05, 0) is 90.8 Å². The van der Waals surface area contributed by atoms with Crippen LogP contribution in [-0.2, 0) is 22.6 Å². The van der Waals surface area contributed by atoms with Gasteiger partial charge in [0.25, 0.3) is 11.1 Å². The van der Waals surface area contributed by atoms with E-state index >= 15 is 0 Å². The lowest BCUT2D eigenvalue weighted by Crippen LogP contribution is -2.36. The number of benzene rings is 3. The van der Waals surface area contributed by atoms with Gasteiger partial charge in [-0.15, -0.1) is 6.58 Å². The van der Waals surface area contributed by atoms with E-state index in [2.05, 4.69) is 11.9 Å². The molecule has 4 rings (SSSR count). The molecule has 0 spiro atoms. The molecule has 0 bridgehead atoms. The van der Waals surface area contributed by atoms with Gasteiger partial charge in [0.05, 0.1) is 28.7 Å². The van der Waals surface area contributed by atoms with Crippen molar-refractivity contribution in [2.75, 3.05) is 25.6 Å². The van der Waals surface area contributed by atoms with E-state index in [0.717, 1.165) is 27.8 Å². The quantitative estimate of drug-likeness (QED) is 0.165. The molecule has 1 saturated heterocycles. The van der Waals surface area contributed by atoms with Crippen molar-refractivity contribution in [2.45, 2.75) is 20.0 Å². The predicted octanol–water partition coefficient (Wildman–Crippen LogP) is 7.38. The standard InChI is InChI=1S/C31H28Cl2N2O6S/c1-4-6-21-13-20(15-26(40-5-2)29(21)41-18-19-7-12-24(32)25(33)14-19)16-27-30(37)35(31(38)42-27)17-28(36)34-22-8-10-23(39-3)11-9-22/h4,7-16H,1,5-6,17-18H2,2-3H3,(H,34,36)/b27-16+. The van der Waals surface area contributed by atoms with E-state index in [9.17, 15) is 14.4 Å². The van der Waals surface area contributed by atoms with Crippen molar-refractivity contribution < 1.29 is 28.6 Å². The Labute approximate surface area is 258 Å². The molecular weight excluding hydrogens is 599 g/mol. The largest absolute Gasteiger partial charge is 0.497 e. The zero-order valence-corrected chi connectivity index (χ0v) is 25.3. The van der Waals surface area contributed by atoms with Crippen molar-refractivity contribution in [2.24, 2.45) is 0 Å². The zero-order chi connectivity index (χ0) is 30.2. The van der Waals surface area contributed by atoms with Gasteiger partial charge in [-0.25, -0.2) is 0 Å². The molecule has 1 aliphatic heterocycles. The maximum atomic E-state index is 13.1. The molecule has 0 atom stereocenters. The molecule has 42 heavy (non-hydrogen) atoms. The Morgan fingerprint density at radius 2 is 1.81 bits per heavy atom. The molecule has 0 aromatic heterocycles. The number of thioether (sulfide) groups is 1. The third-order valence-corrected chi connectivity index (χ3v) is 7.68. The Balaban J connectivity index is 1.53. The average Bonchev–Trinajstić information content (AvgIpc) is 3.22. The number of anilines is 1. The van der Waals surface area contributed by atoms with Crippen LogP contribution < -0.4 is 19.5 Å². The summed E-state index contributed by atoms with van der Waals surface area (Å²) in [4.78, 5) is 39.5. The molecule has 3 aromatic carbocycles. The second-order valence-electron chi connectivity index (χ2n) is 9.01. The lowest BCUT2D eigenvalue weighted by molar-refractivity contribution is -0.127. The van der Waals surface area contributed by atoms with Gasteiger partial charge in [-0.3, -0.25) is 19.3 Å². The highest BCUT2D eigenvalue weighted by atomic mass is 35.5. The molecule has 0 aliphatic carbocycles. The van der Waals surface area contributed by atoms with Crippen LogP contribution in [0.25, 0.3) is 6.08 Å². The number of imide groups is 1. The number of allylic oxidation sites excluding steroid dienone is 1. The molecule has 8 nitrogen and oxygen atoms in total. The molecule has 0 unspecified atom stereocenters. The van der Waals surface area contributed by atoms with Gasteiger partial charge in [-0.2, -0.15) is 0 Å². The van der Waals surface area contributed by atoms with E-state index in [4.69, 9.17) is 37.4 Å². The van der Waals surface area contributed by atoms with Gasteiger partial charge in [0.1, 0.15) is 18.9 Å². The number of nitrogens with zero attached hydrogens (tertiary/aromatic N) is 1. The highest BCUT2D eigenvalue weighted by molar-refractivity contribution is 8.18. The Morgan fingerprint density at radius 3 is 2.48 bits per heavy atom. The summed E-state index contributed by atoms with van der Waals surface area (Å²) in [5.74, 6) is 0.584. The molecule has 3 amide bonds. The molecule has 1 heterocycles. The van der Waals surface area contributed by atoms with Gasteiger partial charge in [-0.1, -0.05) is 35.3 Å². The first-order valence-corrected chi connectivity index (χ1v) is 14.5. The summed E-state index contributed by atoms with van der Waals surface area (Å²) in [7, 11) is 1.54. The van der Waals surface area contributed by atoms with Crippen LogP contribution in [-0.4, -0.2) is 42.2 Å². The van der Waals surface area contributed by atoms with Crippen molar-refractivity contribution in [3.8, 4) is 17.2 Å². The summed E-state index contributed by atoms with van der Waals surface area (Å²) < 4.78 is 17.2. The lowest BCUT2D eigenvalue weighted by atomic mass is 10.0. The fraction of sp³-hybridized carbons (Fsp3) is 0.194. The molecular formula is C31H28Cl2N2O6S. The first-order chi connectivity index (χ1) is 20.2. The zero-order valence-electron chi connectivity index (χ0n) is 22.9. The summed E-state index contributed by atoms with van der Waals surface area (Å²) in [6, 6.07) is 15.6. The smallest absolute Gasteiger partial charge is 0.294 e. The van der Waals surface area contributed by atoms with Gasteiger partial charge in [0.15, 0.2) is 11.5 Å². The van der Waals surface area contributed by atoms with E-state index in [1.807, 2.05) is 19.1 Å². The van der Waals surface area contributed by atoms with Crippen LogP contribution in [0.4, 0.5) is 10.5 Å². The van der Waals surface area contributed by atoms with E-state index in [1.165, 1.54) is 0 Å². The maximum Gasteiger partial charge on any atom is 0.294 e. The van der Waals surface area contributed by atoms with Crippen LogP contribution in [0.2, 0.25) is 10.0 Å². The van der Waals surface area contributed by atoms with E-state index in [-0.39, 0.29) is 11.5 Å². The van der Waals surface area contributed by atoms with Crippen LogP contribution >= 0.6 is 35.0 Å². The Morgan fingerprint density at radius 1 is 1.05 bits per heavy atom. The van der Waals surface area contributed by atoms with Gasteiger partial charge in [0.2, 0.25) is 5.91 Å². The summed E-state index contributed by atoms with van der Waals surface area (Å²) in [5, 5.41) is 3.03. The third-order valence-electron chi connectivity index (χ3n) is 6.03. The molecule has 1 N–H and O–H groups in total. The number of hydrogen-bond acceptors (Lipinski definition) is 7. The number of hydrogen-bond donors (Lipinski definition) is 1. The minimum absolute atomic E-state index is 0.189. The Bertz CT molecular complexity index is 1540. The molecule has 3 aromatic rings. The molecule has 218 valence electrons. The molecule has 1 fully saturated rings. The first kappa shape index (κ1) is 31.0. The number of rotatable bonds is 12. The maximum absolute atomic E-state index is 13.1. The highest BCUT2D eigenvalue weighted by Gasteiger charge is 2.36. The minimum atomic E-state index is -0.557. The minimum Gasteiger partial charge on any atom is -0.497 e. The normalized spacial score (nSPS) is 13.8. The molecule has 0 radical (unpaired) electrons.